The van der Waals surface area contributed by atoms with Crippen LogP contribution in [0.2, 0.25) is 0 Å². The number of aryl methyl sites for hydroxylation is 1. The molecule has 1 amide bonds. The molecule has 1 N–H and O–H groups in total. The Bertz CT molecular complexity index is 816. The highest BCUT2D eigenvalue weighted by atomic mass is 19.1. The van der Waals surface area contributed by atoms with E-state index >= 15 is 0 Å². The second-order valence-corrected chi connectivity index (χ2v) is 7.81. The van der Waals surface area contributed by atoms with Crippen molar-refractivity contribution in [1.82, 2.24) is 10.2 Å². The fourth-order valence-electron chi connectivity index (χ4n) is 3.98. The Hall–Kier alpha value is -2.24. The maximum Gasteiger partial charge on any atom is 0.230 e. The highest BCUT2D eigenvalue weighted by Gasteiger charge is 2.41. The molecule has 150 valence electrons. The molecule has 5 heteroatoms. The molecule has 1 heterocycles. The lowest BCUT2D eigenvalue weighted by Gasteiger charge is -2.37. The molecule has 0 saturated carbocycles. The average Bonchev–Trinajstić information content (AvgIpc) is 2.68. The van der Waals surface area contributed by atoms with Crippen molar-refractivity contribution >= 4 is 5.91 Å². The summed E-state index contributed by atoms with van der Waals surface area (Å²) in [6.07, 6.45) is 1.32. The summed E-state index contributed by atoms with van der Waals surface area (Å²) >= 11 is 0. The lowest BCUT2D eigenvalue weighted by Crippen LogP contribution is -2.49. The highest BCUT2D eigenvalue weighted by Crippen LogP contribution is 2.35. The van der Waals surface area contributed by atoms with Crippen molar-refractivity contribution in [2.24, 2.45) is 0 Å². The van der Waals surface area contributed by atoms with Gasteiger partial charge in [-0.1, -0.05) is 42.0 Å². The third-order valence-corrected chi connectivity index (χ3v) is 5.66. The van der Waals surface area contributed by atoms with E-state index in [4.69, 9.17) is 4.74 Å². The van der Waals surface area contributed by atoms with Crippen molar-refractivity contribution in [2.45, 2.75) is 31.2 Å². The molecule has 1 fully saturated rings. The molecule has 1 aliphatic rings. The summed E-state index contributed by atoms with van der Waals surface area (Å²) < 4.78 is 19.2. The van der Waals surface area contributed by atoms with Gasteiger partial charge in [0.25, 0.3) is 0 Å². The third kappa shape index (κ3) is 4.42. The summed E-state index contributed by atoms with van der Waals surface area (Å²) in [7, 11) is 3.87. The van der Waals surface area contributed by atoms with Crippen LogP contribution < -0.4 is 5.32 Å². The van der Waals surface area contributed by atoms with E-state index in [0.29, 0.717) is 32.6 Å². The van der Waals surface area contributed by atoms with Crippen molar-refractivity contribution in [2.75, 3.05) is 33.9 Å². The summed E-state index contributed by atoms with van der Waals surface area (Å²) in [5, 5.41) is 3.15. The summed E-state index contributed by atoms with van der Waals surface area (Å²) in [6.45, 7) is 3.61. The molecule has 0 spiro atoms. The summed E-state index contributed by atoms with van der Waals surface area (Å²) in [4.78, 5) is 15.4. The largest absolute Gasteiger partial charge is 0.381 e. The topological polar surface area (TPSA) is 41.6 Å². The fraction of sp³-hybridized carbons (Fsp3) is 0.435. The molecule has 1 saturated heterocycles. The zero-order chi connectivity index (χ0) is 20.1. The number of rotatable bonds is 6. The summed E-state index contributed by atoms with van der Waals surface area (Å²) in [5.74, 6) is -0.249. The van der Waals surface area contributed by atoms with Crippen molar-refractivity contribution in [3.63, 3.8) is 0 Å². The van der Waals surface area contributed by atoms with Crippen molar-refractivity contribution in [1.29, 1.82) is 0 Å². The van der Waals surface area contributed by atoms with Crippen LogP contribution in [-0.2, 0) is 14.9 Å². The first kappa shape index (κ1) is 20.5. The van der Waals surface area contributed by atoms with Gasteiger partial charge in [0.1, 0.15) is 5.82 Å². The van der Waals surface area contributed by atoms with Crippen LogP contribution in [0.25, 0.3) is 0 Å². The molecule has 1 aliphatic heterocycles. The van der Waals surface area contributed by atoms with Crippen LogP contribution in [0, 0.1) is 12.7 Å². The number of likely N-dealkylation sites (N-methyl/N-ethyl adjacent to an activating group) is 1. The molecular formula is C23H29FN2O2. The van der Waals surface area contributed by atoms with Crippen LogP contribution >= 0.6 is 0 Å². The minimum atomic E-state index is -0.580. The van der Waals surface area contributed by atoms with E-state index in [1.54, 1.807) is 6.07 Å². The van der Waals surface area contributed by atoms with Crippen LogP contribution in [0.15, 0.2) is 48.5 Å². The Morgan fingerprint density at radius 3 is 2.54 bits per heavy atom. The van der Waals surface area contributed by atoms with Gasteiger partial charge in [0.2, 0.25) is 5.91 Å². The van der Waals surface area contributed by atoms with E-state index in [9.17, 15) is 9.18 Å². The van der Waals surface area contributed by atoms with Gasteiger partial charge in [0.05, 0.1) is 11.5 Å². The second-order valence-electron chi connectivity index (χ2n) is 7.81. The number of ether oxygens (including phenoxy) is 1. The fourth-order valence-corrected chi connectivity index (χ4v) is 3.98. The quantitative estimate of drug-likeness (QED) is 0.827. The number of hydrogen-bond donors (Lipinski definition) is 1. The molecule has 2 aromatic carbocycles. The van der Waals surface area contributed by atoms with E-state index in [0.717, 1.165) is 16.7 Å². The predicted octanol–water partition coefficient (Wildman–Crippen LogP) is 3.60. The monoisotopic (exact) mass is 384 g/mol. The molecule has 0 aliphatic carbocycles. The smallest absolute Gasteiger partial charge is 0.230 e. The Morgan fingerprint density at radius 2 is 1.89 bits per heavy atom. The minimum absolute atomic E-state index is 0.0182. The standard InChI is InChI=1S/C23H29FN2O2/c1-17-6-4-8-19(14-17)23(10-12-28-13-11-23)22(27)25-16-21(26(2)3)18-7-5-9-20(24)15-18/h4-9,14-15,21H,10-13,16H2,1-3H3,(H,25,27)/t21-/m0/s1. The van der Waals surface area contributed by atoms with Crippen LogP contribution in [0.5, 0.6) is 0 Å². The molecule has 0 aromatic heterocycles. The molecule has 0 bridgehead atoms. The van der Waals surface area contributed by atoms with Gasteiger partial charge >= 0.3 is 0 Å². The van der Waals surface area contributed by atoms with Crippen molar-refractivity contribution in [3.05, 3.63) is 71.0 Å². The van der Waals surface area contributed by atoms with Gasteiger partial charge in [0.15, 0.2) is 0 Å². The lowest BCUT2D eigenvalue weighted by molar-refractivity contribution is -0.130. The number of hydrogen-bond acceptors (Lipinski definition) is 3. The van der Waals surface area contributed by atoms with E-state index in [1.165, 1.54) is 12.1 Å². The highest BCUT2D eigenvalue weighted by molar-refractivity contribution is 5.88. The number of nitrogens with one attached hydrogen (secondary N) is 1. The van der Waals surface area contributed by atoms with Gasteiger partial charge in [-0.3, -0.25) is 4.79 Å². The SMILES string of the molecule is Cc1cccc(C2(C(=O)NC[C@@H](c3cccc(F)c3)N(C)C)CCOCC2)c1. The number of halogens is 1. The molecule has 1 atom stereocenters. The number of carbonyl (C=O) groups excluding carboxylic acids is 1. The van der Waals surface area contributed by atoms with Gasteiger partial charge in [-0.25, -0.2) is 4.39 Å². The Balaban J connectivity index is 1.81. The number of benzene rings is 2. The summed E-state index contributed by atoms with van der Waals surface area (Å²) in [6, 6.07) is 14.6. The Morgan fingerprint density at radius 1 is 1.18 bits per heavy atom. The molecular weight excluding hydrogens is 355 g/mol. The van der Waals surface area contributed by atoms with Gasteiger partial charge in [-0.05, 0) is 57.1 Å². The van der Waals surface area contributed by atoms with Crippen molar-refractivity contribution < 1.29 is 13.9 Å². The molecule has 28 heavy (non-hydrogen) atoms. The van der Waals surface area contributed by atoms with Crippen molar-refractivity contribution in [3.8, 4) is 0 Å². The molecule has 0 radical (unpaired) electrons. The van der Waals surface area contributed by atoms with Crippen LogP contribution in [0.4, 0.5) is 4.39 Å². The van der Waals surface area contributed by atoms with Gasteiger partial charge in [-0.15, -0.1) is 0 Å². The molecule has 4 nitrogen and oxygen atoms in total. The summed E-state index contributed by atoms with van der Waals surface area (Å²) in [5.41, 5.74) is 2.45. The maximum absolute atomic E-state index is 13.7. The van der Waals surface area contributed by atoms with Crippen LogP contribution in [-0.4, -0.2) is 44.7 Å². The third-order valence-electron chi connectivity index (χ3n) is 5.66. The first-order valence-electron chi connectivity index (χ1n) is 9.77. The zero-order valence-corrected chi connectivity index (χ0v) is 16.9. The van der Waals surface area contributed by atoms with Gasteiger partial charge < -0.3 is 15.0 Å². The second kappa shape index (κ2) is 8.84. The zero-order valence-electron chi connectivity index (χ0n) is 16.9. The van der Waals surface area contributed by atoms with Gasteiger partial charge in [0, 0.05) is 19.8 Å². The molecule has 3 rings (SSSR count). The number of nitrogens with zero attached hydrogens (tertiary/aromatic N) is 1. The van der Waals surface area contributed by atoms with E-state index in [-0.39, 0.29) is 17.8 Å². The number of amides is 1. The van der Waals surface area contributed by atoms with Gasteiger partial charge in [-0.2, -0.15) is 0 Å². The first-order chi connectivity index (χ1) is 13.4. The van der Waals surface area contributed by atoms with Crippen LogP contribution in [0.3, 0.4) is 0 Å². The Labute approximate surface area is 166 Å². The average molecular weight is 384 g/mol. The van der Waals surface area contributed by atoms with Crippen LogP contribution in [0.1, 0.15) is 35.6 Å². The lowest BCUT2D eigenvalue weighted by atomic mass is 9.73. The number of carbonyl (C=O) groups is 1. The van der Waals surface area contributed by atoms with E-state index in [1.807, 2.05) is 50.2 Å². The maximum atomic E-state index is 13.7. The van der Waals surface area contributed by atoms with E-state index < -0.39 is 5.41 Å². The predicted molar refractivity (Wildman–Crippen MR) is 109 cm³/mol. The van der Waals surface area contributed by atoms with E-state index in [2.05, 4.69) is 11.4 Å². The first-order valence-corrected chi connectivity index (χ1v) is 9.77. The molecule has 2 aromatic rings. The Kier molecular flexibility index (Phi) is 6.47. The normalized spacial score (nSPS) is 17.3. The minimum Gasteiger partial charge on any atom is -0.381 e. The molecule has 0 unspecified atom stereocenters.